The smallest absolute Gasteiger partial charge is 0.249 e. The Morgan fingerprint density at radius 2 is 1.60 bits per heavy atom. The molecule has 0 amide bonds. The van der Waals surface area contributed by atoms with Gasteiger partial charge in [0.25, 0.3) is 0 Å². The molecule has 5 nitrogen and oxygen atoms in total. The molecule has 0 radical (unpaired) electrons. The minimum absolute atomic E-state index is 0.424. The first-order valence-corrected chi connectivity index (χ1v) is 12.5. The first-order valence-electron chi connectivity index (χ1n) is 9.33. The highest BCUT2D eigenvalue weighted by molar-refractivity contribution is 8.02. The molecule has 9 heteroatoms. The number of nitrogens with zero attached hydrogens (tertiary/aromatic N) is 4. The summed E-state index contributed by atoms with van der Waals surface area (Å²) in [4.78, 5) is 0. The fraction of sp³-hybridized carbons (Fsp3) is 0.238. The van der Waals surface area contributed by atoms with E-state index in [0.29, 0.717) is 28.5 Å². The van der Waals surface area contributed by atoms with Crippen molar-refractivity contribution >= 4 is 46.5 Å². The Kier molecular flexibility index (Phi) is 7.09. The predicted molar refractivity (Wildman–Crippen MR) is 124 cm³/mol. The summed E-state index contributed by atoms with van der Waals surface area (Å²) >= 11 is 11.0. The molecular weight excluding hydrogens is 456 g/mol. The zero-order chi connectivity index (χ0) is 20.9. The summed E-state index contributed by atoms with van der Waals surface area (Å²) in [6, 6.07) is 16.2. The zero-order valence-electron chi connectivity index (χ0n) is 16.4. The van der Waals surface area contributed by atoms with Crippen LogP contribution in [0.25, 0.3) is 11.5 Å². The summed E-state index contributed by atoms with van der Waals surface area (Å²) in [7, 11) is 0. The molecule has 0 aliphatic heterocycles. The van der Waals surface area contributed by atoms with Gasteiger partial charge < -0.3 is 4.42 Å². The van der Waals surface area contributed by atoms with E-state index in [1.165, 1.54) is 22.9 Å². The van der Waals surface area contributed by atoms with E-state index in [9.17, 15) is 0 Å². The van der Waals surface area contributed by atoms with Gasteiger partial charge in [-0.05, 0) is 29.2 Å². The van der Waals surface area contributed by atoms with E-state index < -0.39 is 0 Å². The molecule has 0 atom stereocenters. The first-order chi connectivity index (χ1) is 14.6. The molecule has 0 unspecified atom stereocenters. The summed E-state index contributed by atoms with van der Waals surface area (Å²) in [6.45, 7) is 4.41. The largest absolute Gasteiger partial charge is 0.420 e. The molecule has 2 aromatic carbocycles. The quantitative estimate of drug-likeness (QED) is 0.256. The molecule has 0 spiro atoms. The zero-order valence-corrected chi connectivity index (χ0v) is 19.6. The van der Waals surface area contributed by atoms with E-state index >= 15 is 0 Å². The van der Waals surface area contributed by atoms with Crippen LogP contribution in [0.4, 0.5) is 0 Å². The SMILES string of the molecule is CC(C)c1ccc(CSc2nnc(SCc3nnc(-c4ccccc4Cl)o3)s2)cc1. The molecule has 0 bridgehead atoms. The number of rotatable bonds is 8. The Morgan fingerprint density at radius 3 is 2.30 bits per heavy atom. The molecule has 0 saturated heterocycles. The molecule has 4 aromatic rings. The van der Waals surface area contributed by atoms with Crippen molar-refractivity contribution in [1.29, 1.82) is 0 Å². The van der Waals surface area contributed by atoms with Gasteiger partial charge in [-0.3, -0.25) is 0 Å². The Bertz CT molecular complexity index is 1110. The maximum Gasteiger partial charge on any atom is 0.249 e. The molecule has 4 rings (SSSR count). The van der Waals surface area contributed by atoms with Gasteiger partial charge in [0.15, 0.2) is 8.68 Å². The Labute approximate surface area is 192 Å². The lowest BCUT2D eigenvalue weighted by Crippen LogP contribution is -1.87. The van der Waals surface area contributed by atoms with Gasteiger partial charge in [-0.1, -0.05) is 96.7 Å². The number of thioether (sulfide) groups is 2. The van der Waals surface area contributed by atoms with E-state index in [1.54, 1.807) is 29.2 Å². The van der Waals surface area contributed by atoms with Crippen LogP contribution in [-0.2, 0) is 11.5 Å². The Hall–Kier alpha value is -1.87. The van der Waals surface area contributed by atoms with Gasteiger partial charge in [0, 0.05) is 5.75 Å². The van der Waals surface area contributed by atoms with Crippen molar-refractivity contribution in [2.75, 3.05) is 0 Å². The topological polar surface area (TPSA) is 64.7 Å². The first kappa shape index (κ1) is 21.4. The van der Waals surface area contributed by atoms with Crippen LogP contribution < -0.4 is 0 Å². The van der Waals surface area contributed by atoms with Crippen molar-refractivity contribution in [3.05, 3.63) is 70.6 Å². The molecule has 0 saturated carbocycles. The molecule has 30 heavy (non-hydrogen) atoms. The molecule has 2 aromatic heterocycles. The Morgan fingerprint density at radius 1 is 0.900 bits per heavy atom. The summed E-state index contributed by atoms with van der Waals surface area (Å²) in [5.74, 6) is 2.92. The number of hydrogen-bond donors (Lipinski definition) is 0. The number of hydrogen-bond acceptors (Lipinski definition) is 8. The predicted octanol–water partition coefficient (Wildman–Crippen LogP) is 6.95. The van der Waals surface area contributed by atoms with Gasteiger partial charge in [-0.2, -0.15) is 0 Å². The standard InChI is InChI=1S/C21H19ClN4OS3/c1-13(2)15-9-7-14(8-10-15)11-28-20-25-26-21(30-20)29-12-18-23-24-19(27-18)16-5-3-4-6-17(16)22/h3-10,13H,11-12H2,1-2H3. The van der Waals surface area contributed by atoms with E-state index in [-0.39, 0.29) is 0 Å². The lowest BCUT2D eigenvalue weighted by molar-refractivity contribution is 0.528. The van der Waals surface area contributed by atoms with Crippen LogP contribution in [0.3, 0.4) is 0 Å². The van der Waals surface area contributed by atoms with Crippen LogP contribution in [-0.4, -0.2) is 20.4 Å². The Balaban J connectivity index is 1.30. The van der Waals surface area contributed by atoms with E-state index in [0.717, 1.165) is 20.0 Å². The van der Waals surface area contributed by atoms with Crippen molar-refractivity contribution in [3.8, 4) is 11.5 Å². The third-order valence-electron chi connectivity index (χ3n) is 4.29. The molecule has 0 aliphatic carbocycles. The highest BCUT2D eigenvalue weighted by atomic mass is 35.5. The third-order valence-corrected chi connectivity index (χ3v) is 7.86. The summed E-state index contributed by atoms with van der Waals surface area (Å²) in [6.07, 6.45) is 0. The molecule has 2 heterocycles. The van der Waals surface area contributed by atoms with E-state index in [2.05, 4.69) is 58.5 Å². The lowest BCUT2D eigenvalue weighted by Gasteiger charge is -2.05. The van der Waals surface area contributed by atoms with Crippen molar-refractivity contribution in [1.82, 2.24) is 20.4 Å². The third kappa shape index (κ3) is 5.43. The van der Waals surface area contributed by atoms with Crippen LogP contribution in [0.1, 0.15) is 36.8 Å². The van der Waals surface area contributed by atoms with Crippen LogP contribution in [0.15, 0.2) is 61.6 Å². The molecular formula is C21H19ClN4OS3. The highest BCUT2D eigenvalue weighted by Gasteiger charge is 2.13. The van der Waals surface area contributed by atoms with Crippen molar-refractivity contribution in [2.45, 2.75) is 40.0 Å². The minimum atomic E-state index is 0.424. The second-order valence-electron chi connectivity index (χ2n) is 6.79. The van der Waals surface area contributed by atoms with Gasteiger partial charge >= 0.3 is 0 Å². The summed E-state index contributed by atoms with van der Waals surface area (Å²) in [5.41, 5.74) is 3.38. The van der Waals surface area contributed by atoms with Gasteiger partial charge in [0.2, 0.25) is 11.8 Å². The fourth-order valence-electron chi connectivity index (χ4n) is 2.64. The van der Waals surface area contributed by atoms with E-state index in [1.807, 2.05) is 18.2 Å². The molecule has 0 aliphatic rings. The maximum atomic E-state index is 6.19. The van der Waals surface area contributed by atoms with Crippen LogP contribution in [0.5, 0.6) is 0 Å². The molecule has 0 fully saturated rings. The number of halogens is 1. The normalized spacial score (nSPS) is 11.3. The van der Waals surface area contributed by atoms with Crippen LogP contribution in [0, 0.1) is 0 Å². The van der Waals surface area contributed by atoms with Crippen LogP contribution in [0.2, 0.25) is 5.02 Å². The van der Waals surface area contributed by atoms with Gasteiger partial charge in [-0.15, -0.1) is 20.4 Å². The van der Waals surface area contributed by atoms with Crippen molar-refractivity contribution < 1.29 is 4.42 Å². The average molecular weight is 475 g/mol. The fourth-order valence-corrected chi connectivity index (χ4v) is 5.67. The van der Waals surface area contributed by atoms with Gasteiger partial charge in [0.1, 0.15) is 0 Å². The maximum absolute atomic E-state index is 6.19. The van der Waals surface area contributed by atoms with Gasteiger partial charge in [0.05, 0.1) is 16.3 Å². The monoisotopic (exact) mass is 474 g/mol. The van der Waals surface area contributed by atoms with Crippen molar-refractivity contribution in [3.63, 3.8) is 0 Å². The van der Waals surface area contributed by atoms with Gasteiger partial charge in [-0.25, -0.2) is 0 Å². The van der Waals surface area contributed by atoms with E-state index in [4.69, 9.17) is 16.0 Å². The van der Waals surface area contributed by atoms with Crippen LogP contribution >= 0.6 is 46.5 Å². The summed E-state index contributed by atoms with van der Waals surface area (Å²) in [5, 5.41) is 17.3. The highest BCUT2D eigenvalue weighted by Crippen LogP contribution is 2.33. The average Bonchev–Trinajstić information content (AvgIpc) is 3.41. The minimum Gasteiger partial charge on any atom is -0.420 e. The number of benzene rings is 2. The lowest BCUT2D eigenvalue weighted by atomic mass is 10.0. The second kappa shape index (κ2) is 9.96. The number of aromatic nitrogens is 4. The summed E-state index contributed by atoms with van der Waals surface area (Å²) < 4.78 is 7.57. The molecule has 0 N–H and O–H groups in total. The second-order valence-corrected chi connectivity index (χ2v) is 10.6. The molecule has 154 valence electrons. The van der Waals surface area contributed by atoms with Crippen molar-refractivity contribution in [2.24, 2.45) is 0 Å².